The molecule has 0 aliphatic heterocycles. The molecule has 0 unspecified atom stereocenters. The van der Waals surface area contributed by atoms with Crippen molar-refractivity contribution in [1.29, 1.82) is 0 Å². The third-order valence-corrected chi connectivity index (χ3v) is 4.06. The molecule has 2 amide bonds. The highest BCUT2D eigenvalue weighted by Gasteiger charge is 2.11. The quantitative estimate of drug-likeness (QED) is 0.714. The van der Waals surface area contributed by atoms with Crippen molar-refractivity contribution in [2.75, 3.05) is 10.6 Å². The van der Waals surface area contributed by atoms with Crippen LogP contribution in [0.4, 0.5) is 16.2 Å². The number of halogens is 1. The molecule has 1 aromatic heterocycles. The lowest BCUT2D eigenvalue weighted by Gasteiger charge is -2.09. The van der Waals surface area contributed by atoms with Gasteiger partial charge in [0, 0.05) is 18.3 Å². The highest BCUT2D eigenvalue weighted by Crippen LogP contribution is 2.23. The Morgan fingerprint density at radius 3 is 2.72 bits per heavy atom. The van der Waals surface area contributed by atoms with E-state index < -0.39 is 11.8 Å². The molecule has 0 bridgehead atoms. The van der Waals surface area contributed by atoms with E-state index in [0.717, 1.165) is 12.0 Å². The SMILES string of the molecule is CCCn1c(=O)oc2cc(NC(=O)Nc3ccc(C)cc3Cl)ccc21. The van der Waals surface area contributed by atoms with Gasteiger partial charge >= 0.3 is 11.8 Å². The summed E-state index contributed by atoms with van der Waals surface area (Å²) >= 11 is 6.11. The minimum absolute atomic E-state index is 0.398. The largest absolute Gasteiger partial charge is 0.419 e. The number of rotatable bonds is 4. The maximum atomic E-state index is 12.2. The number of aryl methyl sites for hydroxylation is 2. The molecule has 3 rings (SSSR count). The summed E-state index contributed by atoms with van der Waals surface area (Å²) in [6, 6.07) is 10.0. The van der Waals surface area contributed by atoms with Crippen LogP contribution in [0.5, 0.6) is 0 Å². The molecule has 0 radical (unpaired) electrons. The van der Waals surface area contributed by atoms with Gasteiger partial charge in [-0.1, -0.05) is 24.6 Å². The zero-order valence-corrected chi connectivity index (χ0v) is 14.7. The van der Waals surface area contributed by atoms with Crippen molar-refractivity contribution in [2.24, 2.45) is 0 Å². The van der Waals surface area contributed by atoms with E-state index in [1.807, 2.05) is 19.9 Å². The van der Waals surface area contributed by atoms with E-state index in [1.54, 1.807) is 34.9 Å². The van der Waals surface area contributed by atoms with Gasteiger partial charge in [0.05, 0.1) is 16.2 Å². The first kappa shape index (κ1) is 17.1. The van der Waals surface area contributed by atoms with E-state index in [2.05, 4.69) is 10.6 Å². The van der Waals surface area contributed by atoms with E-state index in [1.165, 1.54) is 0 Å². The predicted molar refractivity (Wildman–Crippen MR) is 99.6 cm³/mol. The van der Waals surface area contributed by atoms with Gasteiger partial charge in [-0.15, -0.1) is 0 Å². The van der Waals surface area contributed by atoms with Crippen molar-refractivity contribution in [3.8, 4) is 0 Å². The van der Waals surface area contributed by atoms with Crippen LogP contribution < -0.4 is 16.4 Å². The van der Waals surface area contributed by atoms with Gasteiger partial charge in [-0.2, -0.15) is 0 Å². The Balaban J connectivity index is 1.78. The van der Waals surface area contributed by atoms with Crippen LogP contribution in [0.3, 0.4) is 0 Å². The summed E-state index contributed by atoms with van der Waals surface area (Å²) in [6.07, 6.45) is 0.828. The molecular weight excluding hydrogens is 342 g/mol. The Hall–Kier alpha value is -2.73. The maximum Gasteiger partial charge on any atom is 0.419 e. The van der Waals surface area contributed by atoms with Crippen LogP contribution in [0.1, 0.15) is 18.9 Å². The van der Waals surface area contributed by atoms with Crippen LogP contribution in [0.2, 0.25) is 5.02 Å². The second-order valence-corrected chi connectivity index (χ2v) is 6.17. The first-order chi connectivity index (χ1) is 12.0. The van der Waals surface area contributed by atoms with Gasteiger partial charge in [0.1, 0.15) is 0 Å². The Morgan fingerprint density at radius 2 is 2.00 bits per heavy atom. The third kappa shape index (κ3) is 3.69. The molecule has 2 aromatic carbocycles. The predicted octanol–water partition coefficient (Wildman–Crippen LogP) is 4.61. The van der Waals surface area contributed by atoms with Crippen molar-refractivity contribution < 1.29 is 9.21 Å². The molecule has 2 N–H and O–H groups in total. The van der Waals surface area contributed by atoms with Gasteiger partial charge in [-0.05, 0) is 43.2 Å². The number of oxazole rings is 1. The lowest BCUT2D eigenvalue weighted by atomic mass is 10.2. The topological polar surface area (TPSA) is 76.3 Å². The number of amides is 2. The normalized spacial score (nSPS) is 10.8. The first-order valence-corrected chi connectivity index (χ1v) is 8.33. The summed E-state index contributed by atoms with van der Waals surface area (Å²) in [7, 11) is 0. The molecule has 0 aliphatic carbocycles. The molecule has 0 spiro atoms. The first-order valence-electron chi connectivity index (χ1n) is 7.95. The van der Waals surface area contributed by atoms with Crippen LogP contribution in [-0.2, 0) is 6.54 Å². The summed E-state index contributed by atoms with van der Waals surface area (Å²) < 4.78 is 6.81. The fourth-order valence-electron chi connectivity index (χ4n) is 2.59. The molecule has 25 heavy (non-hydrogen) atoms. The third-order valence-electron chi connectivity index (χ3n) is 3.75. The standard InChI is InChI=1S/C18H18ClN3O3/c1-3-8-22-15-7-5-12(10-16(15)25-18(22)24)20-17(23)21-14-6-4-11(2)9-13(14)19/h4-7,9-10H,3,8H2,1-2H3,(H2,20,21,23). The van der Waals surface area contributed by atoms with E-state index >= 15 is 0 Å². The van der Waals surface area contributed by atoms with E-state index in [4.69, 9.17) is 16.0 Å². The lowest BCUT2D eigenvalue weighted by molar-refractivity contribution is 0.262. The monoisotopic (exact) mass is 359 g/mol. The van der Waals surface area contributed by atoms with Crippen molar-refractivity contribution in [3.05, 3.63) is 57.5 Å². The number of nitrogens with zero attached hydrogens (tertiary/aromatic N) is 1. The number of hydrogen-bond acceptors (Lipinski definition) is 3. The molecular formula is C18H18ClN3O3. The summed E-state index contributed by atoms with van der Waals surface area (Å²) in [6.45, 7) is 4.50. The highest BCUT2D eigenvalue weighted by molar-refractivity contribution is 6.33. The molecule has 1 heterocycles. The fourth-order valence-corrected chi connectivity index (χ4v) is 2.87. The summed E-state index contributed by atoms with van der Waals surface area (Å²) in [5, 5.41) is 5.86. The van der Waals surface area contributed by atoms with Crippen molar-refractivity contribution in [3.63, 3.8) is 0 Å². The Kier molecular flexibility index (Phi) is 4.81. The number of carbonyl (C=O) groups excluding carboxylic acids is 1. The number of aromatic nitrogens is 1. The van der Waals surface area contributed by atoms with E-state index in [-0.39, 0.29) is 0 Å². The number of fused-ring (bicyclic) bond motifs is 1. The van der Waals surface area contributed by atoms with Gasteiger partial charge in [0.2, 0.25) is 0 Å². The number of hydrogen-bond donors (Lipinski definition) is 2. The molecule has 0 fully saturated rings. The van der Waals surface area contributed by atoms with Crippen LogP contribution in [0, 0.1) is 6.92 Å². The molecule has 0 atom stereocenters. The number of carbonyl (C=O) groups is 1. The van der Waals surface area contributed by atoms with Crippen molar-refractivity contribution in [1.82, 2.24) is 4.57 Å². The Bertz CT molecular complexity index is 991. The van der Waals surface area contributed by atoms with Crippen LogP contribution in [0.25, 0.3) is 11.1 Å². The molecule has 6 nitrogen and oxygen atoms in total. The maximum absolute atomic E-state index is 12.2. The number of nitrogens with one attached hydrogen (secondary N) is 2. The van der Waals surface area contributed by atoms with E-state index in [9.17, 15) is 9.59 Å². The zero-order chi connectivity index (χ0) is 18.0. The molecule has 0 saturated carbocycles. The number of urea groups is 1. The van der Waals surface area contributed by atoms with Crippen LogP contribution >= 0.6 is 11.6 Å². The Labute approximate surface area is 149 Å². The Morgan fingerprint density at radius 1 is 1.20 bits per heavy atom. The van der Waals surface area contributed by atoms with E-state index in [0.29, 0.717) is 34.0 Å². The minimum atomic E-state index is -0.430. The summed E-state index contributed by atoms with van der Waals surface area (Å²) in [4.78, 5) is 24.0. The zero-order valence-electron chi connectivity index (χ0n) is 13.9. The lowest BCUT2D eigenvalue weighted by Crippen LogP contribution is -2.19. The highest BCUT2D eigenvalue weighted by atomic mass is 35.5. The smallest absolute Gasteiger partial charge is 0.408 e. The fraction of sp³-hybridized carbons (Fsp3) is 0.222. The van der Waals surface area contributed by atoms with Gasteiger partial charge in [-0.25, -0.2) is 9.59 Å². The summed E-state index contributed by atoms with van der Waals surface area (Å²) in [5.41, 5.74) is 3.19. The van der Waals surface area contributed by atoms with Gasteiger partial charge in [0.15, 0.2) is 5.58 Å². The average Bonchev–Trinajstić information content (AvgIpc) is 2.86. The number of benzene rings is 2. The van der Waals surface area contributed by atoms with Gasteiger partial charge < -0.3 is 15.1 Å². The van der Waals surface area contributed by atoms with Gasteiger partial charge in [0.25, 0.3) is 0 Å². The van der Waals surface area contributed by atoms with Crippen molar-refractivity contribution in [2.45, 2.75) is 26.8 Å². The van der Waals surface area contributed by atoms with Gasteiger partial charge in [-0.3, -0.25) is 4.57 Å². The second-order valence-electron chi connectivity index (χ2n) is 5.76. The van der Waals surface area contributed by atoms with Crippen LogP contribution in [-0.4, -0.2) is 10.6 Å². The molecule has 0 aliphatic rings. The van der Waals surface area contributed by atoms with Crippen LogP contribution in [0.15, 0.2) is 45.6 Å². The molecule has 0 saturated heterocycles. The summed E-state index contributed by atoms with van der Waals surface area (Å²) in [5.74, 6) is -0.398. The molecule has 7 heteroatoms. The second kappa shape index (κ2) is 7.03. The van der Waals surface area contributed by atoms with Crippen molar-refractivity contribution >= 4 is 40.1 Å². The molecule has 130 valence electrons. The number of anilines is 2. The molecule has 3 aromatic rings. The minimum Gasteiger partial charge on any atom is -0.408 e. The average molecular weight is 360 g/mol.